The lowest BCUT2D eigenvalue weighted by Gasteiger charge is -2.18. The highest BCUT2D eigenvalue weighted by atomic mass is 35.5. The van der Waals surface area contributed by atoms with Crippen molar-refractivity contribution < 1.29 is 0 Å². The monoisotopic (exact) mass is 234 g/mol. The highest BCUT2D eigenvalue weighted by molar-refractivity contribution is 6.20. The zero-order valence-electron chi connectivity index (χ0n) is 9.83. The lowest BCUT2D eigenvalue weighted by atomic mass is 9.94. The molecule has 0 amide bonds. The highest BCUT2D eigenvalue weighted by Crippen LogP contribution is 2.56. The maximum Gasteiger partial charge on any atom is 0.0404 e. The number of hydrogen-bond acceptors (Lipinski definition) is 0. The van der Waals surface area contributed by atoms with Gasteiger partial charge >= 0.3 is 0 Å². The molecule has 3 atom stereocenters. The minimum atomic E-state index is 0.356. The van der Waals surface area contributed by atoms with Crippen molar-refractivity contribution in [3.8, 4) is 0 Å². The fourth-order valence-electron chi connectivity index (χ4n) is 3.29. The van der Waals surface area contributed by atoms with Crippen molar-refractivity contribution in [3.63, 3.8) is 0 Å². The van der Waals surface area contributed by atoms with E-state index in [-0.39, 0.29) is 0 Å². The summed E-state index contributed by atoms with van der Waals surface area (Å²) in [4.78, 5) is 0. The zero-order chi connectivity index (χ0) is 11.1. The second-order valence-electron chi connectivity index (χ2n) is 5.70. The molecule has 16 heavy (non-hydrogen) atoms. The first-order valence-corrected chi connectivity index (χ1v) is 6.85. The van der Waals surface area contributed by atoms with Gasteiger partial charge in [0.1, 0.15) is 0 Å². The normalized spacial score (nSPS) is 33.5. The molecule has 0 aliphatic heterocycles. The van der Waals surface area contributed by atoms with Gasteiger partial charge in [0.15, 0.2) is 0 Å². The van der Waals surface area contributed by atoms with E-state index < -0.39 is 0 Å². The number of fused-ring (bicyclic) bond motifs is 1. The predicted octanol–water partition coefficient (Wildman–Crippen LogP) is 4.19. The lowest BCUT2D eigenvalue weighted by molar-refractivity contribution is 0.460. The van der Waals surface area contributed by atoms with Crippen LogP contribution in [0, 0.1) is 24.7 Å². The molecule has 1 heteroatoms. The van der Waals surface area contributed by atoms with E-state index in [0.717, 1.165) is 24.2 Å². The molecule has 0 spiro atoms. The quantitative estimate of drug-likeness (QED) is 0.688. The van der Waals surface area contributed by atoms with Crippen LogP contribution in [0.2, 0.25) is 0 Å². The first-order chi connectivity index (χ1) is 7.72. The number of aryl methyl sites for hydroxylation is 1. The Balaban J connectivity index is 1.61. The van der Waals surface area contributed by atoms with E-state index in [4.69, 9.17) is 11.6 Å². The molecule has 0 nitrogen and oxygen atoms in total. The van der Waals surface area contributed by atoms with Gasteiger partial charge < -0.3 is 0 Å². The number of benzene rings is 1. The Labute approximate surface area is 103 Å². The van der Waals surface area contributed by atoms with Crippen LogP contribution in [0.1, 0.15) is 30.4 Å². The Morgan fingerprint density at radius 2 is 2.00 bits per heavy atom. The molecule has 0 radical (unpaired) electrons. The Morgan fingerprint density at radius 3 is 2.69 bits per heavy atom. The smallest absolute Gasteiger partial charge is 0.0404 e. The van der Waals surface area contributed by atoms with Gasteiger partial charge in [0.2, 0.25) is 0 Å². The Morgan fingerprint density at radius 1 is 1.25 bits per heavy atom. The molecule has 2 fully saturated rings. The lowest BCUT2D eigenvalue weighted by Crippen LogP contribution is -2.16. The van der Waals surface area contributed by atoms with E-state index in [2.05, 4.69) is 31.2 Å². The summed E-state index contributed by atoms with van der Waals surface area (Å²) in [6.45, 7) is 2.15. The van der Waals surface area contributed by atoms with Gasteiger partial charge in [0.05, 0.1) is 0 Å². The third-order valence-electron chi connectivity index (χ3n) is 4.30. The predicted molar refractivity (Wildman–Crippen MR) is 68.8 cm³/mol. The summed E-state index contributed by atoms with van der Waals surface area (Å²) in [6.07, 6.45) is 5.33. The molecule has 86 valence electrons. The fourth-order valence-corrected chi connectivity index (χ4v) is 3.67. The first-order valence-electron chi connectivity index (χ1n) is 6.42. The maximum atomic E-state index is 6.56. The van der Waals surface area contributed by atoms with Crippen molar-refractivity contribution in [3.05, 3.63) is 35.4 Å². The van der Waals surface area contributed by atoms with Crippen LogP contribution in [0.15, 0.2) is 24.3 Å². The third kappa shape index (κ3) is 2.13. The summed E-state index contributed by atoms with van der Waals surface area (Å²) in [5.74, 6) is 2.87. The SMILES string of the molecule is Cc1cccc(CC(Cl)C2CC3CC3C2)c1. The summed E-state index contributed by atoms with van der Waals surface area (Å²) in [5.41, 5.74) is 2.75. The van der Waals surface area contributed by atoms with Gasteiger partial charge in [-0.15, -0.1) is 11.6 Å². The summed E-state index contributed by atoms with van der Waals surface area (Å²) in [6, 6.07) is 8.76. The Kier molecular flexibility index (Phi) is 2.71. The molecule has 0 saturated heterocycles. The van der Waals surface area contributed by atoms with Gasteiger partial charge in [0, 0.05) is 5.38 Å². The molecule has 0 bridgehead atoms. The van der Waals surface area contributed by atoms with Gasteiger partial charge in [0.25, 0.3) is 0 Å². The topological polar surface area (TPSA) is 0 Å². The highest BCUT2D eigenvalue weighted by Gasteiger charge is 2.47. The minimum Gasteiger partial charge on any atom is -0.122 e. The van der Waals surface area contributed by atoms with E-state index in [1.807, 2.05) is 0 Å². The average Bonchev–Trinajstić information content (AvgIpc) is 2.86. The third-order valence-corrected chi connectivity index (χ3v) is 4.82. The summed E-state index contributed by atoms with van der Waals surface area (Å²) in [5, 5.41) is 0.356. The molecule has 3 rings (SSSR count). The van der Waals surface area contributed by atoms with Crippen LogP contribution in [-0.4, -0.2) is 5.38 Å². The van der Waals surface area contributed by atoms with Crippen molar-refractivity contribution in [1.82, 2.24) is 0 Å². The van der Waals surface area contributed by atoms with Gasteiger partial charge in [-0.3, -0.25) is 0 Å². The molecule has 0 aromatic heterocycles. The van der Waals surface area contributed by atoms with Crippen LogP contribution in [0.25, 0.3) is 0 Å². The largest absolute Gasteiger partial charge is 0.122 e. The zero-order valence-corrected chi connectivity index (χ0v) is 10.6. The van der Waals surface area contributed by atoms with E-state index >= 15 is 0 Å². The Bertz CT molecular complexity index is 375. The summed E-state index contributed by atoms with van der Waals surface area (Å²) < 4.78 is 0. The molecular weight excluding hydrogens is 216 g/mol. The van der Waals surface area contributed by atoms with Crippen LogP contribution in [0.4, 0.5) is 0 Å². The van der Waals surface area contributed by atoms with Crippen LogP contribution in [0.3, 0.4) is 0 Å². The molecule has 1 aromatic rings. The molecule has 0 heterocycles. The number of alkyl halides is 1. The molecular formula is C15H19Cl. The molecule has 2 saturated carbocycles. The van der Waals surface area contributed by atoms with Gasteiger partial charge in [-0.2, -0.15) is 0 Å². The summed E-state index contributed by atoms with van der Waals surface area (Å²) >= 11 is 6.56. The van der Waals surface area contributed by atoms with Crippen LogP contribution in [-0.2, 0) is 6.42 Å². The van der Waals surface area contributed by atoms with E-state index in [1.165, 1.54) is 30.4 Å². The minimum absolute atomic E-state index is 0.356. The van der Waals surface area contributed by atoms with Crippen molar-refractivity contribution in [1.29, 1.82) is 0 Å². The molecule has 2 aliphatic rings. The first kappa shape index (κ1) is 10.7. The van der Waals surface area contributed by atoms with Crippen LogP contribution >= 0.6 is 11.6 Å². The van der Waals surface area contributed by atoms with E-state index in [1.54, 1.807) is 0 Å². The standard InChI is InChI=1S/C15H19Cl/c1-10-3-2-4-11(5-10)6-15(16)14-8-12-7-13(12)9-14/h2-5,12-15H,6-9H2,1H3. The second kappa shape index (κ2) is 4.07. The fraction of sp³-hybridized carbons (Fsp3) is 0.600. The van der Waals surface area contributed by atoms with Gasteiger partial charge in [-0.25, -0.2) is 0 Å². The average molecular weight is 235 g/mol. The number of halogens is 1. The van der Waals surface area contributed by atoms with Crippen molar-refractivity contribution in [2.45, 2.75) is 38.0 Å². The van der Waals surface area contributed by atoms with E-state index in [0.29, 0.717) is 5.38 Å². The van der Waals surface area contributed by atoms with E-state index in [9.17, 15) is 0 Å². The molecule has 1 aromatic carbocycles. The number of rotatable bonds is 3. The van der Waals surface area contributed by atoms with Crippen molar-refractivity contribution >= 4 is 11.6 Å². The van der Waals surface area contributed by atoms with Crippen molar-refractivity contribution in [2.24, 2.45) is 17.8 Å². The second-order valence-corrected chi connectivity index (χ2v) is 6.26. The molecule has 0 N–H and O–H groups in total. The van der Waals surface area contributed by atoms with Crippen molar-refractivity contribution in [2.75, 3.05) is 0 Å². The summed E-state index contributed by atoms with van der Waals surface area (Å²) in [7, 11) is 0. The van der Waals surface area contributed by atoms with Gasteiger partial charge in [-0.1, -0.05) is 29.8 Å². The maximum absolute atomic E-state index is 6.56. The Hall–Kier alpha value is -0.490. The van der Waals surface area contributed by atoms with Crippen LogP contribution in [0.5, 0.6) is 0 Å². The number of hydrogen-bond donors (Lipinski definition) is 0. The molecule has 3 unspecified atom stereocenters. The van der Waals surface area contributed by atoms with Crippen LogP contribution < -0.4 is 0 Å². The van der Waals surface area contributed by atoms with Gasteiger partial charge in [-0.05, 0) is 55.9 Å². The molecule has 2 aliphatic carbocycles.